The average molecular weight is 631 g/mol. The van der Waals surface area contributed by atoms with E-state index in [4.69, 9.17) is 14.5 Å². The highest BCUT2D eigenvalue weighted by Gasteiger charge is 2.42. The molecule has 9 heteroatoms. The summed E-state index contributed by atoms with van der Waals surface area (Å²) in [4.78, 5) is 35.6. The van der Waals surface area contributed by atoms with Crippen LogP contribution in [0.25, 0.3) is 22.3 Å². The molecule has 45 heavy (non-hydrogen) atoms. The molecule has 5 nitrogen and oxygen atoms in total. The number of rotatable bonds is 18. The summed E-state index contributed by atoms with van der Waals surface area (Å²) in [7, 11) is 0. The molecule has 0 bridgehead atoms. The Labute approximate surface area is 262 Å². The van der Waals surface area contributed by atoms with Crippen LogP contribution in [0.4, 0.5) is 17.6 Å². The summed E-state index contributed by atoms with van der Waals surface area (Å²) in [6.07, 6.45) is 1.26. The molecule has 0 saturated carbocycles. The molecule has 244 valence electrons. The van der Waals surface area contributed by atoms with Gasteiger partial charge in [0.25, 0.3) is 0 Å². The Bertz CT molecular complexity index is 1360. The molecule has 0 N–H and O–H groups in total. The van der Waals surface area contributed by atoms with Gasteiger partial charge in [-0.1, -0.05) is 108 Å². The maximum absolute atomic E-state index is 15.3. The van der Waals surface area contributed by atoms with E-state index in [1.807, 2.05) is 37.3 Å². The second-order valence-corrected chi connectivity index (χ2v) is 11.1. The maximum Gasteiger partial charge on any atom is 0.425 e. The summed E-state index contributed by atoms with van der Waals surface area (Å²) >= 11 is 0. The number of carbonyl (C=O) groups excluding carboxylic acids is 2. The van der Waals surface area contributed by atoms with Crippen molar-refractivity contribution < 1.29 is 41.7 Å². The third-order valence-electron chi connectivity index (χ3n) is 7.49. The van der Waals surface area contributed by atoms with Crippen LogP contribution in [-0.4, -0.2) is 30.8 Å². The molecule has 0 radical (unpaired) electrons. The fraction of sp³-hybridized carbons (Fsp3) is 0.444. The Morgan fingerprint density at radius 2 is 1.38 bits per heavy atom. The van der Waals surface area contributed by atoms with E-state index in [0.29, 0.717) is 23.1 Å². The first-order valence-corrected chi connectivity index (χ1v) is 15.8. The van der Waals surface area contributed by atoms with Crippen LogP contribution in [0.3, 0.4) is 0 Å². The number of esters is 1. The molecule has 1 atom stereocenters. The Morgan fingerprint density at radius 3 is 2.04 bits per heavy atom. The van der Waals surface area contributed by atoms with Gasteiger partial charge in [0.05, 0.1) is 17.7 Å². The highest BCUT2D eigenvalue weighted by atomic mass is 19.4. The summed E-state index contributed by atoms with van der Waals surface area (Å²) < 4.78 is 60.7. The highest BCUT2D eigenvalue weighted by Crippen LogP contribution is 2.35. The van der Waals surface area contributed by atoms with Crippen LogP contribution >= 0.6 is 0 Å². The molecule has 0 spiro atoms. The van der Waals surface area contributed by atoms with Crippen molar-refractivity contribution in [2.24, 2.45) is 0 Å². The molecule has 1 unspecified atom stereocenters. The summed E-state index contributed by atoms with van der Waals surface area (Å²) in [5, 5.41) is 0. The second kappa shape index (κ2) is 18.3. The molecule has 0 saturated heterocycles. The van der Waals surface area contributed by atoms with Crippen molar-refractivity contribution in [1.29, 1.82) is 0 Å². The van der Waals surface area contributed by atoms with Crippen molar-refractivity contribution in [3.63, 3.8) is 0 Å². The van der Waals surface area contributed by atoms with Crippen molar-refractivity contribution in [2.45, 2.75) is 96.8 Å². The first-order chi connectivity index (χ1) is 21.7. The van der Waals surface area contributed by atoms with Crippen molar-refractivity contribution in [3.05, 3.63) is 83.7 Å². The van der Waals surface area contributed by atoms with Gasteiger partial charge in [0.1, 0.15) is 5.82 Å². The molecule has 3 rings (SSSR count). The second-order valence-electron chi connectivity index (χ2n) is 11.1. The van der Waals surface area contributed by atoms with E-state index in [1.165, 1.54) is 18.6 Å². The molecule has 0 amide bonds. The fourth-order valence-corrected chi connectivity index (χ4v) is 4.95. The maximum atomic E-state index is 15.3. The molecule has 0 aliphatic heterocycles. The summed E-state index contributed by atoms with van der Waals surface area (Å²) in [5.74, 6) is -3.15. The van der Waals surface area contributed by atoms with Gasteiger partial charge in [-0.2, -0.15) is 18.1 Å². The number of hydrogen-bond donors (Lipinski definition) is 0. The van der Waals surface area contributed by atoms with E-state index in [2.05, 4.69) is 6.92 Å². The van der Waals surface area contributed by atoms with Crippen LogP contribution in [0, 0.1) is 5.82 Å². The van der Waals surface area contributed by atoms with Crippen molar-refractivity contribution in [1.82, 2.24) is 0 Å². The average Bonchev–Trinajstić information content (AvgIpc) is 3.03. The smallest absolute Gasteiger partial charge is 0.425 e. The zero-order valence-electron chi connectivity index (χ0n) is 26.0. The Hall–Kier alpha value is -3.72. The van der Waals surface area contributed by atoms with Crippen molar-refractivity contribution >= 4 is 11.9 Å². The lowest BCUT2D eigenvalue weighted by Crippen LogP contribution is -2.34. The number of carbonyl (C=O) groups is 2. The molecule has 0 aromatic heterocycles. The molecule has 3 aromatic carbocycles. The summed E-state index contributed by atoms with van der Waals surface area (Å²) in [6.45, 7) is 4.35. The van der Waals surface area contributed by atoms with E-state index in [-0.39, 0.29) is 25.0 Å². The normalized spacial score (nSPS) is 12.1. The van der Waals surface area contributed by atoms with Crippen LogP contribution in [0.5, 0.6) is 0 Å². The molecular weight excluding hydrogens is 588 g/mol. The topological polar surface area (TPSA) is 61.8 Å². The van der Waals surface area contributed by atoms with Crippen molar-refractivity contribution in [2.75, 3.05) is 6.61 Å². The van der Waals surface area contributed by atoms with Gasteiger partial charge in [-0.3, -0.25) is 4.89 Å². The van der Waals surface area contributed by atoms with E-state index in [1.54, 1.807) is 12.1 Å². The zero-order valence-corrected chi connectivity index (χ0v) is 26.0. The minimum atomic E-state index is -4.77. The van der Waals surface area contributed by atoms with Gasteiger partial charge in [-0.05, 0) is 65.8 Å². The lowest BCUT2D eigenvalue weighted by molar-refractivity contribution is -0.241. The minimum absolute atomic E-state index is 0.160. The standard InChI is InChI=1S/C36H42F4O5/c1-3-5-7-9-10-15-23-43-45-34(41)28-20-21-29(26-16-12-11-13-17-26)31(24-28)27-19-22-30(32(37)25-27)35(42)44-33(36(38,39)40)18-14-8-6-4-2/h11-13,16-17,19-22,24-25,33H,3-10,14-15,18,23H2,1-2H3. The molecular formula is C36H42F4O5. The third-order valence-corrected chi connectivity index (χ3v) is 7.49. The molecule has 0 aliphatic rings. The first-order valence-electron chi connectivity index (χ1n) is 15.8. The molecule has 0 aliphatic carbocycles. The lowest BCUT2D eigenvalue weighted by atomic mass is 9.92. The molecule has 0 fully saturated rings. The van der Waals surface area contributed by atoms with Gasteiger partial charge in [-0.15, -0.1) is 0 Å². The lowest BCUT2D eigenvalue weighted by Gasteiger charge is -2.21. The number of unbranched alkanes of at least 4 members (excludes halogenated alkanes) is 8. The zero-order chi connectivity index (χ0) is 32.7. The number of halogens is 4. The summed E-state index contributed by atoms with van der Waals surface area (Å²) in [6, 6.07) is 17.6. The van der Waals surface area contributed by atoms with Gasteiger partial charge in [0, 0.05) is 0 Å². The Kier molecular flexibility index (Phi) is 14.5. The monoisotopic (exact) mass is 630 g/mol. The van der Waals surface area contributed by atoms with Crippen LogP contribution < -0.4 is 0 Å². The van der Waals surface area contributed by atoms with Crippen molar-refractivity contribution in [3.8, 4) is 22.3 Å². The van der Waals surface area contributed by atoms with Gasteiger partial charge >= 0.3 is 18.1 Å². The first kappa shape index (κ1) is 35.8. The van der Waals surface area contributed by atoms with Crippen LogP contribution in [-0.2, 0) is 14.5 Å². The minimum Gasteiger partial charge on any atom is -0.449 e. The van der Waals surface area contributed by atoms with Gasteiger partial charge < -0.3 is 4.74 Å². The number of ether oxygens (including phenoxy) is 1. The van der Waals surface area contributed by atoms with Gasteiger partial charge in [0.2, 0.25) is 0 Å². The van der Waals surface area contributed by atoms with E-state index in [9.17, 15) is 22.8 Å². The number of alkyl halides is 3. The van der Waals surface area contributed by atoms with Crippen LogP contribution in [0.2, 0.25) is 0 Å². The summed E-state index contributed by atoms with van der Waals surface area (Å²) in [5.41, 5.74) is 1.76. The third kappa shape index (κ3) is 11.3. The predicted octanol–water partition coefficient (Wildman–Crippen LogP) is 10.7. The quantitative estimate of drug-likeness (QED) is 0.0460. The van der Waals surface area contributed by atoms with Crippen LogP contribution in [0.15, 0.2) is 66.7 Å². The highest BCUT2D eigenvalue weighted by molar-refractivity contribution is 5.95. The molecule has 0 heterocycles. The Morgan fingerprint density at radius 1 is 0.711 bits per heavy atom. The van der Waals surface area contributed by atoms with Gasteiger partial charge in [0.15, 0.2) is 6.10 Å². The number of benzene rings is 3. The fourth-order valence-electron chi connectivity index (χ4n) is 4.95. The van der Waals surface area contributed by atoms with E-state index in [0.717, 1.165) is 62.6 Å². The van der Waals surface area contributed by atoms with E-state index < -0.39 is 35.6 Å². The number of hydrogen-bond acceptors (Lipinski definition) is 5. The van der Waals surface area contributed by atoms with E-state index >= 15 is 4.39 Å². The predicted molar refractivity (Wildman–Crippen MR) is 166 cm³/mol. The van der Waals surface area contributed by atoms with Crippen LogP contribution in [0.1, 0.15) is 105 Å². The van der Waals surface area contributed by atoms with Gasteiger partial charge in [-0.25, -0.2) is 14.0 Å². The molecule has 3 aromatic rings. The SMILES string of the molecule is CCCCCCCCOOC(=O)c1ccc(-c2ccccc2)c(-c2ccc(C(=O)OC(CCCCCC)C(F)(F)F)c(F)c2)c1. The largest absolute Gasteiger partial charge is 0.449 e. The Balaban J connectivity index is 1.79.